The molecule has 2 aromatic rings. The largest absolute Gasteiger partial charge is 0.385 e. The van der Waals surface area contributed by atoms with Crippen molar-refractivity contribution in [2.45, 2.75) is 18.4 Å². The Labute approximate surface area is 125 Å². The van der Waals surface area contributed by atoms with Gasteiger partial charge < -0.3 is 9.84 Å². The maximum absolute atomic E-state index is 14.3. The molecule has 0 saturated carbocycles. The molecule has 1 aliphatic heterocycles. The number of ether oxygens (including phenoxy) is 1. The summed E-state index contributed by atoms with van der Waals surface area (Å²) in [4.78, 5) is 3.69. The van der Waals surface area contributed by atoms with Crippen molar-refractivity contribution in [2.75, 3.05) is 13.2 Å². The first kappa shape index (κ1) is 15.0. The Morgan fingerprint density at radius 3 is 2.27 bits per heavy atom. The van der Waals surface area contributed by atoms with E-state index < -0.39 is 28.6 Å². The summed E-state index contributed by atoms with van der Waals surface area (Å²) in [6.45, 7) is 0.632. The van der Waals surface area contributed by atoms with Gasteiger partial charge in [-0.15, -0.1) is 0 Å². The van der Waals surface area contributed by atoms with Crippen LogP contribution >= 0.6 is 0 Å². The molecule has 2 heterocycles. The molecule has 0 spiro atoms. The Bertz CT molecular complexity index is 677. The van der Waals surface area contributed by atoms with E-state index in [9.17, 15) is 18.3 Å². The maximum atomic E-state index is 14.3. The Kier molecular flexibility index (Phi) is 3.88. The van der Waals surface area contributed by atoms with Gasteiger partial charge in [0.25, 0.3) is 0 Å². The molecule has 116 valence electrons. The van der Waals surface area contributed by atoms with E-state index in [1.807, 2.05) is 0 Å². The Balaban J connectivity index is 2.07. The maximum Gasteiger partial charge on any atom is 0.149 e. The Morgan fingerprint density at radius 2 is 1.68 bits per heavy atom. The lowest BCUT2D eigenvalue weighted by Crippen LogP contribution is -2.33. The molecule has 1 saturated heterocycles. The molecule has 1 aliphatic rings. The van der Waals surface area contributed by atoms with Crippen molar-refractivity contribution in [2.24, 2.45) is 0 Å². The zero-order valence-corrected chi connectivity index (χ0v) is 11.7. The van der Waals surface area contributed by atoms with Crippen LogP contribution in [0.4, 0.5) is 13.2 Å². The first-order valence-corrected chi connectivity index (χ1v) is 6.92. The average Bonchev–Trinajstić information content (AvgIpc) is 2.49. The predicted molar refractivity (Wildman–Crippen MR) is 73.5 cm³/mol. The summed E-state index contributed by atoms with van der Waals surface area (Å²) >= 11 is 0. The quantitative estimate of drug-likeness (QED) is 0.926. The van der Waals surface area contributed by atoms with Crippen LogP contribution < -0.4 is 0 Å². The van der Waals surface area contributed by atoms with Gasteiger partial charge in [0.15, 0.2) is 0 Å². The minimum atomic E-state index is -1.33. The van der Waals surface area contributed by atoms with E-state index in [4.69, 9.17) is 4.74 Å². The number of aromatic nitrogens is 1. The number of rotatable bonds is 2. The highest BCUT2D eigenvalue weighted by Crippen LogP contribution is 2.36. The molecule has 3 nitrogen and oxygen atoms in total. The van der Waals surface area contributed by atoms with Gasteiger partial charge in [0.05, 0.1) is 11.2 Å². The number of aliphatic hydroxyl groups is 1. The molecule has 22 heavy (non-hydrogen) atoms. The van der Waals surface area contributed by atoms with Crippen LogP contribution in [0.1, 0.15) is 18.4 Å². The lowest BCUT2D eigenvalue weighted by atomic mass is 9.85. The van der Waals surface area contributed by atoms with Gasteiger partial charge in [0.1, 0.15) is 23.1 Å². The van der Waals surface area contributed by atoms with Gasteiger partial charge in [0.2, 0.25) is 0 Å². The lowest BCUT2D eigenvalue weighted by molar-refractivity contribution is -0.0682. The summed E-state index contributed by atoms with van der Waals surface area (Å²) in [5.74, 6) is -2.71. The second-order valence-electron chi connectivity index (χ2n) is 5.29. The molecule has 0 radical (unpaired) electrons. The highest BCUT2D eigenvalue weighted by Gasteiger charge is 2.33. The van der Waals surface area contributed by atoms with Crippen molar-refractivity contribution >= 4 is 0 Å². The Hall–Kier alpha value is -1.92. The zero-order chi connectivity index (χ0) is 15.7. The molecule has 0 aliphatic carbocycles. The number of halogens is 3. The highest BCUT2D eigenvalue weighted by atomic mass is 19.1. The van der Waals surface area contributed by atoms with Crippen molar-refractivity contribution in [3.05, 3.63) is 53.5 Å². The van der Waals surface area contributed by atoms with Crippen LogP contribution in [0.2, 0.25) is 0 Å². The van der Waals surface area contributed by atoms with Crippen LogP contribution in [0.5, 0.6) is 0 Å². The van der Waals surface area contributed by atoms with E-state index in [1.165, 1.54) is 12.3 Å². The van der Waals surface area contributed by atoms with Gasteiger partial charge in [0, 0.05) is 32.3 Å². The molecule has 1 aromatic carbocycles. The van der Waals surface area contributed by atoms with Crippen LogP contribution in [0.15, 0.2) is 30.5 Å². The lowest BCUT2D eigenvalue weighted by Gasteiger charge is -2.32. The third-order valence-corrected chi connectivity index (χ3v) is 3.89. The number of hydrogen-bond acceptors (Lipinski definition) is 3. The number of nitrogens with zero attached hydrogens (tertiary/aromatic N) is 1. The molecule has 0 amide bonds. The van der Waals surface area contributed by atoms with E-state index >= 15 is 0 Å². The summed E-state index contributed by atoms with van der Waals surface area (Å²) in [6.07, 6.45) is 1.77. The molecule has 0 bridgehead atoms. The summed E-state index contributed by atoms with van der Waals surface area (Å²) in [6, 6.07) is 4.50. The molecular formula is C16H14F3NO2. The van der Waals surface area contributed by atoms with Gasteiger partial charge in [-0.3, -0.25) is 4.98 Å². The van der Waals surface area contributed by atoms with E-state index in [0.29, 0.717) is 13.2 Å². The van der Waals surface area contributed by atoms with Crippen molar-refractivity contribution in [3.8, 4) is 11.3 Å². The minimum absolute atomic E-state index is 0.130. The first-order chi connectivity index (χ1) is 10.5. The fourth-order valence-electron chi connectivity index (χ4n) is 2.64. The zero-order valence-electron chi connectivity index (χ0n) is 11.7. The normalized spacial score (nSPS) is 17.5. The summed E-state index contributed by atoms with van der Waals surface area (Å²) in [5.41, 5.74) is -2.12. The van der Waals surface area contributed by atoms with Gasteiger partial charge in [-0.05, 0) is 29.8 Å². The van der Waals surface area contributed by atoms with E-state index in [1.54, 1.807) is 0 Å². The van der Waals surface area contributed by atoms with E-state index in [2.05, 4.69) is 4.98 Å². The molecule has 0 unspecified atom stereocenters. The van der Waals surface area contributed by atoms with Crippen molar-refractivity contribution < 1.29 is 23.0 Å². The summed E-state index contributed by atoms with van der Waals surface area (Å²) < 4.78 is 47.5. The van der Waals surface area contributed by atoms with Gasteiger partial charge in [-0.25, -0.2) is 13.2 Å². The Morgan fingerprint density at radius 1 is 1.05 bits per heavy atom. The van der Waals surface area contributed by atoms with Crippen LogP contribution in [0.25, 0.3) is 11.3 Å². The van der Waals surface area contributed by atoms with Crippen LogP contribution in [-0.2, 0) is 10.3 Å². The van der Waals surface area contributed by atoms with Crippen LogP contribution in [0, 0.1) is 17.5 Å². The van der Waals surface area contributed by atoms with Crippen molar-refractivity contribution in [1.82, 2.24) is 4.98 Å². The SMILES string of the molecule is OC1(c2cc(F)c(-c3ncccc3F)c(F)c2)CCOCC1. The molecule has 1 aromatic heterocycles. The van der Waals surface area contributed by atoms with Gasteiger partial charge >= 0.3 is 0 Å². The van der Waals surface area contributed by atoms with E-state index in [-0.39, 0.29) is 24.1 Å². The molecule has 0 atom stereocenters. The predicted octanol–water partition coefficient (Wildman–Crippen LogP) is 3.16. The third kappa shape index (κ3) is 2.60. The molecule has 6 heteroatoms. The number of hydrogen-bond donors (Lipinski definition) is 1. The highest BCUT2D eigenvalue weighted by molar-refractivity contribution is 5.62. The molecule has 3 rings (SSSR count). The number of pyridine rings is 1. The third-order valence-electron chi connectivity index (χ3n) is 3.89. The monoisotopic (exact) mass is 309 g/mol. The summed E-state index contributed by atoms with van der Waals surface area (Å²) in [5, 5.41) is 10.5. The minimum Gasteiger partial charge on any atom is -0.385 e. The first-order valence-electron chi connectivity index (χ1n) is 6.92. The fourth-order valence-corrected chi connectivity index (χ4v) is 2.64. The van der Waals surface area contributed by atoms with Crippen LogP contribution in [0.3, 0.4) is 0 Å². The topological polar surface area (TPSA) is 42.4 Å². The molecular weight excluding hydrogens is 295 g/mol. The number of benzene rings is 1. The molecule has 1 fully saturated rings. The second-order valence-corrected chi connectivity index (χ2v) is 5.29. The van der Waals surface area contributed by atoms with Gasteiger partial charge in [-0.1, -0.05) is 0 Å². The average molecular weight is 309 g/mol. The van der Waals surface area contributed by atoms with Crippen molar-refractivity contribution in [1.29, 1.82) is 0 Å². The summed E-state index contributed by atoms with van der Waals surface area (Å²) in [7, 11) is 0. The van der Waals surface area contributed by atoms with E-state index in [0.717, 1.165) is 18.2 Å². The fraction of sp³-hybridized carbons (Fsp3) is 0.312. The molecule has 1 N–H and O–H groups in total. The van der Waals surface area contributed by atoms with Crippen LogP contribution in [-0.4, -0.2) is 23.3 Å². The van der Waals surface area contributed by atoms with Gasteiger partial charge in [-0.2, -0.15) is 0 Å². The smallest absolute Gasteiger partial charge is 0.149 e. The second kappa shape index (κ2) is 5.70. The standard InChI is InChI=1S/C16H14F3NO2/c17-11-2-1-5-20-15(11)14-12(18)8-10(9-13(14)19)16(21)3-6-22-7-4-16/h1-2,5,8-9,21H,3-4,6-7H2. The van der Waals surface area contributed by atoms with Crippen molar-refractivity contribution in [3.63, 3.8) is 0 Å².